The van der Waals surface area contributed by atoms with Crippen molar-refractivity contribution in [3.05, 3.63) is 30.4 Å². The minimum Gasteiger partial charge on any atom is -0.341 e. The van der Waals surface area contributed by atoms with Crippen molar-refractivity contribution in [2.45, 2.75) is 25.2 Å². The van der Waals surface area contributed by atoms with E-state index in [1.54, 1.807) is 12.4 Å². The summed E-state index contributed by atoms with van der Waals surface area (Å²) in [7, 11) is 0. The van der Waals surface area contributed by atoms with Crippen molar-refractivity contribution < 1.29 is 9.32 Å². The van der Waals surface area contributed by atoms with Crippen LogP contribution in [0.4, 0.5) is 0 Å². The van der Waals surface area contributed by atoms with Gasteiger partial charge in [-0.05, 0) is 25.0 Å². The minimum atomic E-state index is 0.173. The predicted molar refractivity (Wildman–Crippen MR) is 74.2 cm³/mol. The molecule has 1 amide bonds. The van der Waals surface area contributed by atoms with Gasteiger partial charge in [0.25, 0.3) is 0 Å². The maximum absolute atomic E-state index is 12.1. The van der Waals surface area contributed by atoms with E-state index in [0.29, 0.717) is 30.7 Å². The lowest BCUT2D eigenvalue weighted by molar-refractivity contribution is -0.143. The Balaban J connectivity index is 1.40. The van der Waals surface area contributed by atoms with Crippen molar-refractivity contribution in [1.82, 2.24) is 20.0 Å². The zero-order chi connectivity index (χ0) is 14.2. The first-order valence-corrected chi connectivity index (χ1v) is 7.34. The number of nitrogens with zero attached hydrogens (tertiary/aromatic N) is 4. The molecule has 0 aromatic carbocycles. The van der Waals surface area contributed by atoms with Gasteiger partial charge in [-0.3, -0.25) is 9.78 Å². The fourth-order valence-corrected chi connectivity index (χ4v) is 2.74. The Labute approximate surface area is 122 Å². The summed E-state index contributed by atoms with van der Waals surface area (Å²) in [5.41, 5.74) is 0.842. The van der Waals surface area contributed by atoms with Crippen LogP contribution in [0.15, 0.2) is 29.0 Å². The van der Waals surface area contributed by atoms with Gasteiger partial charge in [0.2, 0.25) is 17.6 Å². The first-order valence-electron chi connectivity index (χ1n) is 7.34. The van der Waals surface area contributed by atoms with E-state index in [2.05, 4.69) is 15.1 Å². The highest BCUT2D eigenvalue weighted by Gasteiger charge is 2.39. The Bertz CT molecular complexity index is 645. The summed E-state index contributed by atoms with van der Waals surface area (Å²) in [6.45, 7) is 1.40. The Morgan fingerprint density at radius 2 is 2.19 bits per heavy atom. The fourth-order valence-electron chi connectivity index (χ4n) is 2.74. The van der Waals surface area contributed by atoms with Crippen molar-refractivity contribution in [3.63, 3.8) is 0 Å². The molecule has 1 aliphatic heterocycles. The molecule has 108 valence electrons. The highest BCUT2D eigenvalue weighted by atomic mass is 16.5. The van der Waals surface area contributed by atoms with Crippen LogP contribution in [0.1, 0.15) is 31.1 Å². The molecule has 0 spiro atoms. The molecule has 21 heavy (non-hydrogen) atoms. The normalized spacial score (nSPS) is 19.1. The Kier molecular flexibility index (Phi) is 2.94. The number of aromatic nitrogens is 3. The molecule has 0 bridgehead atoms. The van der Waals surface area contributed by atoms with E-state index in [1.165, 1.54) is 6.42 Å². The van der Waals surface area contributed by atoms with E-state index in [0.717, 1.165) is 18.4 Å². The van der Waals surface area contributed by atoms with Gasteiger partial charge in [-0.1, -0.05) is 11.6 Å². The lowest BCUT2D eigenvalue weighted by Gasteiger charge is -2.41. The van der Waals surface area contributed by atoms with E-state index in [9.17, 15) is 4.79 Å². The monoisotopic (exact) mass is 284 g/mol. The summed E-state index contributed by atoms with van der Waals surface area (Å²) in [5.74, 6) is 1.91. The second-order valence-electron chi connectivity index (χ2n) is 5.77. The van der Waals surface area contributed by atoms with Crippen molar-refractivity contribution in [1.29, 1.82) is 0 Å². The summed E-state index contributed by atoms with van der Waals surface area (Å²) in [6, 6.07) is 3.74. The van der Waals surface area contributed by atoms with Crippen molar-refractivity contribution >= 4 is 5.91 Å². The third kappa shape index (κ3) is 2.20. The molecule has 0 atom stereocenters. The Morgan fingerprint density at radius 3 is 2.86 bits per heavy atom. The van der Waals surface area contributed by atoms with Crippen LogP contribution < -0.4 is 0 Å². The summed E-state index contributed by atoms with van der Waals surface area (Å²) >= 11 is 0. The van der Waals surface area contributed by atoms with Gasteiger partial charge in [0.1, 0.15) is 0 Å². The molecule has 0 radical (unpaired) electrons. The van der Waals surface area contributed by atoms with Gasteiger partial charge in [-0.15, -0.1) is 0 Å². The molecule has 4 rings (SSSR count). The number of pyridine rings is 1. The number of carbonyl (C=O) groups excluding carboxylic acids is 1. The van der Waals surface area contributed by atoms with Gasteiger partial charge < -0.3 is 9.42 Å². The van der Waals surface area contributed by atoms with Gasteiger partial charge in [0, 0.05) is 37.0 Å². The molecule has 1 saturated heterocycles. The second-order valence-corrected chi connectivity index (χ2v) is 5.77. The molecule has 2 aromatic heterocycles. The first-order chi connectivity index (χ1) is 10.3. The molecule has 0 unspecified atom stereocenters. The molecule has 2 fully saturated rings. The van der Waals surface area contributed by atoms with Crippen LogP contribution in [0.25, 0.3) is 11.4 Å². The van der Waals surface area contributed by atoms with Crippen LogP contribution in [0, 0.1) is 5.92 Å². The lowest BCUT2D eigenvalue weighted by atomic mass is 9.83. The number of hydrogen-bond donors (Lipinski definition) is 0. The highest BCUT2D eigenvalue weighted by Crippen LogP contribution is 2.33. The first kappa shape index (κ1) is 12.5. The van der Waals surface area contributed by atoms with Crippen molar-refractivity contribution in [3.8, 4) is 11.4 Å². The van der Waals surface area contributed by atoms with E-state index in [4.69, 9.17) is 4.52 Å². The minimum absolute atomic E-state index is 0.173. The smallest absolute Gasteiger partial charge is 0.233 e. The van der Waals surface area contributed by atoms with E-state index >= 15 is 0 Å². The lowest BCUT2D eigenvalue weighted by Crippen LogP contribution is -2.51. The number of carbonyl (C=O) groups is 1. The van der Waals surface area contributed by atoms with E-state index in [1.807, 2.05) is 17.0 Å². The van der Waals surface area contributed by atoms with Gasteiger partial charge >= 0.3 is 0 Å². The zero-order valence-corrected chi connectivity index (χ0v) is 11.6. The van der Waals surface area contributed by atoms with Crippen molar-refractivity contribution in [2.75, 3.05) is 13.1 Å². The van der Waals surface area contributed by atoms with E-state index < -0.39 is 0 Å². The summed E-state index contributed by atoms with van der Waals surface area (Å²) in [4.78, 5) is 22.4. The van der Waals surface area contributed by atoms with Gasteiger partial charge in [0.15, 0.2) is 0 Å². The van der Waals surface area contributed by atoms with Crippen LogP contribution in [0.3, 0.4) is 0 Å². The number of likely N-dealkylation sites (tertiary alicyclic amines) is 1. The molecule has 2 aliphatic rings. The average Bonchev–Trinajstić information content (AvgIpc) is 2.85. The third-order valence-electron chi connectivity index (χ3n) is 4.36. The number of rotatable bonds is 3. The number of hydrogen-bond acceptors (Lipinski definition) is 5. The molecular weight excluding hydrogens is 268 g/mol. The summed E-state index contributed by atoms with van der Waals surface area (Å²) < 4.78 is 5.32. The largest absolute Gasteiger partial charge is 0.341 e. The van der Waals surface area contributed by atoms with Crippen LogP contribution in [-0.4, -0.2) is 39.0 Å². The number of amides is 1. The average molecular weight is 284 g/mol. The predicted octanol–water partition coefficient (Wildman–Crippen LogP) is 1.86. The molecule has 6 heteroatoms. The standard InChI is InChI=1S/C15H16N4O2/c20-15(10-3-1-4-10)19-8-12(9-19)14-17-13(18-21-14)11-5-2-6-16-7-11/h2,5-7,10,12H,1,3-4,8-9H2. The Hall–Kier alpha value is -2.24. The maximum Gasteiger partial charge on any atom is 0.233 e. The molecular formula is C15H16N4O2. The molecule has 2 aromatic rings. The molecule has 1 aliphatic carbocycles. The van der Waals surface area contributed by atoms with Crippen LogP contribution in [-0.2, 0) is 4.79 Å². The molecule has 0 N–H and O–H groups in total. The summed E-state index contributed by atoms with van der Waals surface area (Å²) in [5, 5.41) is 3.99. The van der Waals surface area contributed by atoms with Gasteiger partial charge in [-0.25, -0.2) is 0 Å². The third-order valence-corrected chi connectivity index (χ3v) is 4.36. The molecule has 1 saturated carbocycles. The molecule has 3 heterocycles. The van der Waals surface area contributed by atoms with Crippen LogP contribution in [0.2, 0.25) is 0 Å². The van der Waals surface area contributed by atoms with Gasteiger partial charge in [-0.2, -0.15) is 4.98 Å². The maximum atomic E-state index is 12.1. The fraction of sp³-hybridized carbons (Fsp3) is 0.467. The Morgan fingerprint density at radius 1 is 1.33 bits per heavy atom. The van der Waals surface area contributed by atoms with Crippen LogP contribution >= 0.6 is 0 Å². The van der Waals surface area contributed by atoms with Gasteiger partial charge in [0.05, 0.1) is 5.92 Å². The topological polar surface area (TPSA) is 72.1 Å². The van der Waals surface area contributed by atoms with Crippen LogP contribution in [0.5, 0.6) is 0 Å². The second kappa shape index (κ2) is 4.95. The molecule has 6 nitrogen and oxygen atoms in total. The summed E-state index contributed by atoms with van der Waals surface area (Å²) in [6.07, 6.45) is 6.70. The van der Waals surface area contributed by atoms with E-state index in [-0.39, 0.29) is 11.8 Å². The highest BCUT2D eigenvalue weighted by molar-refractivity contribution is 5.80. The zero-order valence-electron chi connectivity index (χ0n) is 11.6. The SMILES string of the molecule is O=C(C1CCC1)N1CC(c2nc(-c3cccnc3)no2)C1. The van der Waals surface area contributed by atoms with Crippen molar-refractivity contribution in [2.24, 2.45) is 5.92 Å². The quantitative estimate of drug-likeness (QED) is 0.860.